The fourth-order valence-electron chi connectivity index (χ4n) is 3.01. The van der Waals surface area contributed by atoms with Crippen LogP contribution in [0.2, 0.25) is 0 Å². The number of aromatic nitrogens is 1. The lowest BCUT2D eigenvalue weighted by Crippen LogP contribution is -1.89. The molecule has 0 aliphatic rings. The van der Waals surface area contributed by atoms with Crippen molar-refractivity contribution in [2.75, 3.05) is 0 Å². The zero-order chi connectivity index (χ0) is 17.6. The van der Waals surface area contributed by atoms with Gasteiger partial charge in [0.1, 0.15) is 22.8 Å². The molecule has 0 atom stereocenters. The fraction of sp³-hybridized carbons (Fsp3) is 0.0500. The maximum absolute atomic E-state index is 14.4. The number of phenols is 2. The molecule has 0 aliphatic heterocycles. The second kappa shape index (κ2) is 5.63. The van der Waals surface area contributed by atoms with Crippen molar-refractivity contribution in [2.24, 2.45) is 0 Å². The van der Waals surface area contributed by atoms with Gasteiger partial charge in [0.2, 0.25) is 5.95 Å². The molecule has 2 N–H and O–H groups in total. The lowest BCUT2D eigenvalue weighted by atomic mass is 9.98. The highest BCUT2D eigenvalue weighted by Gasteiger charge is 2.22. The third-order valence-corrected chi connectivity index (χ3v) is 4.12. The zero-order valence-electron chi connectivity index (χ0n) is 13.3. The molecule has 4 nitrogen and oxygen atoms in total. The Morgan fingerprint density at radius 2 is 1.76 bits per heavy atom. The van der Waals surface area contributed by atoms with Crippen molar-refractivity contribution in [3.63, 3.8) is 0 Å². The molecule has 2 aromatic carbocycles. The Kier molecular flexibility index (Phi) is 3.42. The smallest absolute Gasteiger partial charge is 0.220 e. The molecular formula is C20H14FNO3. The Morgan fingerprint density at radius 1 is 1.00 bits per heavy atom. The van der Waals surface area contributed by atoms with Gasteiger partial charge in [-0.3, -0.25) is 0 Å². The summed E-state index contributed by atoms with van der Waals surface area (Å²) in [5.74, 6) is 0.0400. The molecule has 5 heteroatoms. The van der Waals surface area contributed by atoms with Crippen LogP contribution in [0.3, 0.4) is 0 Å². The van der Waals surface area contributed by atoms with Crippen LogP contribution in [0, 0.1) is 12.9 Å². The van der Waals surface area contributed by atoms with E-state index in [9.17, 15) is 14.6 Å². The monoisotopic (exact) mass is 335 g/mol. The van der Waals surface area contributed by atoms with Crippen LogP contribution in [0.25, 0.3) is 33.4 Å². The van der Waals surface area contributed by atoms with Crippen molar-refractivity contribution >= 4 is 11.0 Å². The zero-order valence-corrected chi connectivity index (χ0v) is 13.3. The molecule has 0 unspecified atom stereocenters. The maximum Gasteiger partial charge on any atom is 0.220 e. The Balaban J connectivity index is 2.12. The van der Waals surface area contributed by atoms with Crippen molar-refractivity contribution in [1.29, 1.82) is 0 Å². The molecule has 0 fully saturated rings. The summed E-state index contributed by atoms with van der Waals surface area (Å²) in [5, 5.41) is 20.1. The van der Waals surface area contributed by atoms with Gasteiger partial charge in [-0.1, -0.05) is 0 Å². The topological polar surface area (TPSA) is 66.5 Å². The highest BCUT2D eigenvalue weighted by atomic mass is 19.1. The number of hydrogen-bond donors (Lipinski definition) is 2. The molecule has 25 heavy (non-hydrogen) atoms. The van der Waals surface area contributed by atoms with Gasteiger partial charge in [-0.25, -0.2) is 4.98 Å². The number of halogens is 1. The van der Waals surface area contributed by atoms with Crippen LogP contribution in [-0.2, 0) is 0 Å². The van der Waals surface area contributed by atoms with E-state index in [1.165, 1.54) is 18.3 Å². The number of rotatable bonds is 2. The van der Waals surface area contributed by atoms with Crippen LogP contribution >= 0.6 is 0 Å². The number of aryl methyl sites for hydroxylation is 1. The van der Waals surface area contributed by atoms with Crippen LogP contribution < -0.4 is 0 Å². The minimum absolute atomic E-state index is 0.0774. The first kappa shape index (κ1) is 15.2. The molecule has 4 rings (SSSR count). The van der Waals surface area contributed by atoms with Gasteiger partial charge in [0.25, 0.3) is 0 Å². The Hall–Kier alpha value is -3.34. The van der Waals surface area contributed by atoms with Crippen molar-refractivity contribution in [3.05, 3.63) is 66.2 Å². The Bertz CT molecular complexity index is 1080. The molecule has 0 saturated carbocycles. The number of furan rings is 1. The van der Waals surface area contributed by atoms with Crippen LogP contribution in [-0.4, -0.2) is 15.2 Å². The van der Waals surface area contributed by atoms with Gasteiger partial charge >= 0.3 is 0 Å². The molecule has 0 amide bonds. The van der Waals surface area contributed by atoms with Crippen LogP contribution in [0.15, 0.2) is 59.1 Å². The molecule has 2 heterocycles. The summed E-state index contributed by atoms with van der Waals surface area (Å²) in [7, 11) is 0. The van der Waals surface area contributed by atoms with Crippen LogP contribution in [0.5, 0.6) is 11.5 Å². The number of aromatic hydroxyl groups is 2. The predicted octanol–water partition coefficient (Wildman–Crippen LogP) is 5.02. The van der Waals surface area contributed by atoms with Gasteiger partial charge in [0.15, 0.2) is 0 Å². The van der Waals surface area contributed by atoms with E-state index in [0.29, 0.717) is 27.9 Å². The molecule has 0 bridgehead atoms. The van der Waals surface area contributed by atoms with Crippen molar-refractivity contribution in [3.8, 4) is 33.9 Å². The average molecular weight is 335 g/mol. The summed E-state index contributed by atoms with van der Waals surface area (Å²) in [6.45, 7) is 1.82. The molecule has 4 aromatic rings. The number of pyridine rings is 1. The van der Waals surface area contributed by atoms with E-state index in [-0.39, 0.29) is 17.1 Å². The number of fused-ring (bicyclic) bond motifs is 1. The van der Waals surface area contributed by atoms with E-state index < -0.39 is 5.95 Å². The average Bonchev–Trinajstić information content (AvgIpc) is 2.95. The summed E-state index contributed by atoms with van der Waals surface area (Å²) in [6, 6.07) is 12.9. The van der Waals surface area contributed by atoms with Gasteiger partial charge in [-0.05, 0) is 61.0 Å². The summed E-state index contributed by atoms with van der Waals surface area (Å²) < 4.78 is 20.4. The van der Waals surface area contributed by atoms with Crippen LogP contribution in [0.4, 0.5) is 4.39 Å². The molecule has 0 saturated heterocycles. The van der Waals surface area contributed by atoms with Gasteiger partial charge in [-0.15, -0.1) is 0 Å². The Labute approximate surface area is 142 Å². The van der Waals surface area contributed by atoms with Crippen molar-refractivity contribution < 1.29 is 19.0 Å². The summed E-state index contributed by atoms with van der Waals surface area (Å²) in [6.07, 6.45) is 1.38. The largest absolute Gasteiger partial charge is 0.508 e. The highest BCUT2D eigenvalue weighted by Crippen LogP contribution is 2.43. The molecular weight excluding hydrogens is 321 g/mol. The minimum Gasteiger partial charge on any atom is -0.508 e. The van der Waals surface area contributed by atoms with E-state index in [4.69, 9.17) is 4.42 Å². The summed E-state index contributed by atoms with van der Waals surface area (Å²) in [5.41, 5.74) is 2.80. The first-order valence-electron chi connectivity index (χ1n) is 7.71. The highest BCUT2D eigenvalue weighted by molar-refractivity contribution is 6.03. The first-order chi connectivity index (χ1) is 12.0. The van der Waals surface area contributed by atoms with Gasteiger partial charge in [0.05, 0.1) is 0 Å². The Morgan fingerprint density at radius 3 is 2.48 bits per heavy atom. The van der Waals surface area contributed by atoms with E-state index in [2.05, 4.69) is 4.98 Å². The number of hydrogen-bond acceptors (Lipinski definition) is 4. The normalized spacial score (nSPS) is 11.1. The number of benzene rings is 2. The van der Waals surface area contributed by atoms with E-state index >= 15 is 0 Å². The maximum atomic E-state index is 14.4. The third-order valence-electron chi connectivity index (χ3n) is 4.12. The van der Waals surface area contributed by atoms with E-state index in [0.717, 1.165) is 5.56 Å². The standard InChI is InChI=1S/C20H14FNO3/c1-11-9-14(24)10-16-17(15-3-2-8-22-20(15)21)19(25-18(11)16)12-4-6-13(23)7-5-12/h2-10,23-24H,1H3. The first-order valence-corrected chi connectivity index (χ1v) is 7.71. The molecule has 0 spiro atoms. The van der Waals surface area contributed by atoms with Gasteiger partial charge in [-0.2, -0.15) is 4.39 Å². The van der Waals surface area contributed by atoms with Crippen molar-refractivity contribution in [2.45, 2.75) is 6.92 Å². The quantitative estimate of drug-likeness (QED) is 0.505. The minimum atomic E-state index is -0.619. The fourth-order valence-corrected chi connectivity index (χ4v) is 3.01. The molecule has 2 aromatic heterocycles. The lowest BCUT2D eigenvalue weighted by molar-refractivity contribution is 0.474. The summed E-state index contributed by atoms with van der Waals surface area (Å²) in [4.78, 5) is 3.72. The number of phenolic OH excluding ortho intramolecular Hbond substituents is 2. The van der Waals surface area contributed by atoms with E-state index in [1.54, 1.807) is 36.4 Å². The number of nitrogens with zero attached hydrogens (tertiary/aromatic N) is 1. The van der Waals surface area contributed by atoms with E-state index in [1.807, 2.05) is 6.92 Å². The SMILES string of the molecule is Cc1cc(O)cc2c(-c3cccnc3F)c(-c3ccc(O)cc3)oc12. The second-order valence-electron chi connectivity index (χ2n) is 5.83. The lowest BCUT2D eigenvalue weighted by Gasteiger charge is -2.05. The third kappa shape index (κ3) is 2.50. The van der Waals surface area contributed by atoms with Crippen molar-refractivity contribution in [1.82, 2.24) is 4.98 Å². The second-order valence-corrected chi connectivity index (χ2v) is 5.83. The molecule has 0 radical (unpaired) electrons. The predicted molar refractivity (Wildman–Crippen MR) is 92.9 cm³/mol. The van der Waals surface area contributed by atoms with Crippen LogP contribution in [0.1, 0.15) is 5.56 Å². The van der Waals surface area contributed by atoms with Gasteiger partial charge < -0.3 is 14.6 Å². The molecule has 0 aliphatic carbocycles. The summed E-state index contributed by atoms with van der Waals surface area (Å²) >= 11 is 0. The molecule has 124 valence electrons. The van der Waals surface area contributed by atoms with Gasteiger partial charge in [0, 0.05) is 28.3 Å².